The molecular formula is C39H54FNO5S2. The predicted octanol–water partition coefficient (Wildman–Crippen LogP) is 9.10. The van der Waals surface area contributed by atoms with Gasteiger partial charge >= 0.3 is 5.97 Å². The van der Waals surface area contributed by atoms with Crippen molar-refractivity contribution in [1.82, 2.24) is 4.90 Å². The van der Waals surface area contributed by atoms with E-state index in [4.69, 9.17) is 17.0 Å². The van der Waals surface area contributed by atoms with Crippen LogP contribution in [-0.4, -0.2) is 62.0 Å². The van der Waals surface area contributed by atoms with Crippen molar-refractivity contribution < 1.29 is 28.9 Å². The summed E-state index contributed by atoms with van der Waals surface area (Å²) in [5.74, 6) is -1.81. The van der Waals surface area contributed by atoms with Crippen LogP contribution in [0.25, 0.3) is 0 Å². The lowest BCUT2D eigenvalue weighted by molar-refractivity contribution is -0.169. The van der Waals surface area contributed by atoms with Crippen LogP contribution >= 0.6 is 24.0 Å². The quantitative estimate of drug-likeness (QED) is 0.0720. The number of unbranched alkanes of at least 4 members (excludes halogenated alkanes) is 8. The molecule has 1 heterocycles. The van der Waals surface area contributed by atoms with Gasteiger partial charge in [0.05, 0.1) is 18.6 Å². The molecule has 0 aliphatic carbocycles. The third kappa shape index (κ3) is 9.91. The predicted molar refractivity (Wildman–Crippen MR) is 198 cm³/mol. The molecule has 3 atom stereocenters. The molecule has 2 aromatic carbocycles. The van der Waals surface area contributed by atoms with E-state index in [2.05, 4.69) is 6.92 Å². The summed E-state index contributed by atoms with van der Waals surface area (Å²) >= 11 is 7.75. The average molecular weight is 700 g/mol. The smallest absolute Gasteiger partial charge is 0.336 e. The van der Waals surface area contributed by atoms with E-state index in [1.807, 2.05) is 86.3 Å². The van der Waals surface area contributed by atoms with Crippen LogP contribution in [0, 0.1) is 11.8 Å². The maximum atomic E-state index is 14.6. The van der Waals surface area contributed by atoms with Crippen LogP contribution in [0.5, 0.6) is 0 Å². The van der Waals surface area contributed by atoms with E-state index in [9.17, 15) is 24.2 Å². The largest absolute Gasteiger partial charge is 0.479 e. The van der Waals surface area contributed by atoms with E-state index in [1.165, 1.54) is 48.8 Å². The number of halogens is 1. The van der Waals surface area contributed by atoms with Crippen LogP contribution in [0.2, 0.25) is 0 Å². The molecule has 1 unspecified atom stereocenters. The van der Waals surface area contributed by atoms with Gasteiger partial charge in [0.2, 0.25) is 5.91 Å². The molecule has 48 heavy (non-hydrogen) atoms. The molecule has 0 spiro atoms. The Hall–Kier alpha value is -2.75. The Bertz CT molecular complexity index is 1270. The first-order valence-electron chi connectivity index (χ1n) is 17.6. The molecule has 1 saturated heterocycles. The third-order valence-corrected chi connectivity index (χ3v) is 10.6. The van der Waals surface area contributed by atoms with Gasteiger partial charge in [-0.05, 0) is 55.3 Å². The Morgan fingerprint density at radius 2 is 1.50 bits per heavy atom. The van der Waals surface area contributed by atoms with Gasteiger partial charge in [0.15, 0.2) is 11.2 Å². The van der Waals surface area contributed by atoms with E-state index >= 15 is 0 Å². The number of hydrogen-bond donors (Lipinski definition) is 2. The van der Waals surface area contributed by atoms with E-state index in [-0.39, 0.29) is 11.1 Å². The number of thiocarbonyl (C=S) groups is 1. The molecule has 2 N–H and O–H groups in total. The summed E-state index contributed by atoms with van der Waals surface area (Å²) in [6.45, 7) is 5.02. The van der Waals surface area contributed by atoms with Gasteiger partial charge in [-0.25, -0.2) is 4.79 Å². The van der Waals surface area contributed by atoms with Crippen LogP contribution in [0.1, 0.15) is 103 Å². The van der Waals surface area contributed by atoms with Crippen LogP contribution in [0.15, 0.2) is 72.8 Å². The molecular weight excluding hydrogens is 646 g/mol. The highest BCUT2D eigenvalue weighted by molar-refractivity contribution is 7.99. The van der Waals surface area contributed by atoms with E-state index in [0.29, 0.717) is 6.42 Å². The SMILES string of the molecule is CCCCCCCSCCCCCCC=C[C@H](C(=O)N1C(=S)OC(c2ccccc2)(c2ccccc2)C1C(C)C)[C@@](O)(CCF)C(=O)O. The van der Waals surface area contributed by atoms with Crippen molar-refractivity contribution in [1.29, 1.82) is 0 Å². The van der Waals surface area contributed by atoms with E-state index < -0.39 is 48.1 Å². The molecule has 1 fully saturated rings. The molecule has 0 aromatic heterocycles. The van der Waals surface area contributed by atoms with Crippen LogP contribution in [-0.2, 0) is 19.9 Å². The topological polar surface area (TPSA) is 87.1 Å². The van der Waals surface area contributed by atoms with E-state index in [0.717, 1.165) is 42.6 Å². The maximum absolute atomic E-state index is 14.6. The summed E-state index contributed by atoms with van der Waals surface area (Å²) in [7, 11) is 0. The second-order valence-electron chi connectivity index (χ2n) is 13.0. The Balaban J connectivity index is 1.80. The number of rotatable bonds is 22. The van der Waals surface area contributed by atoms with Gasteiger partial charge in [-0.2, -0.15) is 11.8 Å². The number of benzene rings is 2. The molecule has 1 amide bonds. The fourth-order valence-electron chi connectivity index (χ4n) is 6.63. The van der Waals surface area contributed by atoms with Crippen LogP contribution < -0.4 is 0 Å². The second-order valence-corrected chi connectivity index (χ2v) is 14.6. The lowest BCUT2D eigenvalue weighted by Gasteiger charge is -2.39. The summed E-state index contributed by atoms with van der Waals surface area (Å²) in [6, 6.07) is 18.3. The zero-order valence-corrected chi connectivity index (χ0v) is 30.5. The first-order valence-corrected chi connectivity index (χ1v) is 19.1. The molecule has 0 radical (unpaired) electrons. The van der Waals surface area contributed by atoms with E-state index in [1.54, 1.807) is 6.08 Å². The van der Waals surface area contributed by atoms with Crippen molar-refractivity contribution in [3.05, 3.63) is 83.9 Å². The van der Waals surface area contributed by atoms with Gasteiger partial charge in [0.25, 0.3) is 5.17 Å². The fraction of sp³-hybridized carbons (Fsp3) is 0.564. The second kappa shape index (κ2) is 20.1. The highest BCUT2D eigenvalue weighted by atomic mass is 32.2. The number of ether oxygens (including phenoxy) is 1. The van der Waals surface area contributed by atoms with Crippen molar-refractivity contribution >= 4 is 41.0 Å². The van der Waals surface area contributed by atoms with Crippen molar-refractivity contribution in [3.8, 4) is 0 Å². The van der Waals surface area contributed by atoms with Gasteiger partial charge in [-0.3, -0.25) is 14.1 Å². The number of alkyl halides is 1. The summed E-state index contributed by atoms with van der Waals surface area (Å²) in [5, 5.41) is 21.5. The van der Waals surface area contributed by atoms with Crippen molar-refractivity contribution in [2.24, 2.45) is 11.8 Å². The molecule has 1 aliphatic rings. The number of allylic oxidation sites excluding steroid dienone is 1. The highest BCUT2D eigenvalue weighted by Crippen LogP contribution is 2.48. The summed E-state index contributed by atoms with van der Waals surface area (Å²) < 4.78 is 20.3. The molecule has 3 rings (SSSR count). The molecule has 2 aromatic rings. The summed E-state index contributed by atoms with van der Waals surface area (Å²) in [4.78, 5) is 28.4. The first-order chi connectivity index (χ1) is 23.1. The Morgan fingerprint density at radius 1 is 0.958 bits per heavy atom. The maximum Gasteiger partial charge on any atom is 0.336 e. The molecule has 9 heteroatoms. The standard InChI is InChI=1S/C39H54FNO5S2/c1-4-5-6-10-19-28-48-29-20-11-8-7-9-18-25-33(38(45,26-27-40)36(43)44)35(42)41-34(30(2)3)39(46-37(41)47,31-21-14-12-15-22-31)32-23-16-13-17-24-32/h12-18,21-25,30,33-34,45H,4-11,19-20,26-29H2,1-3H3,(H,43,44)/t33-,34?,38+/m1/s1. The number of aliphatic carboxylic acids is 1. The Labute approximate surface area is 296 Å². The zero-order chi connectivity index (χ0) is 35.0. The number of nitrogens with zero attached hydrogens (tertiary/aromatic N) is 1. The number of carbonyl (C=O) groups excluding carboxylic acids is 1. The molecule has 0 saturated carbocycles. The molecule has 6 nitrogen and oxygen atoms in total. The highest BCUT2D eigenvalue weighted by Gasteiger charge is 2.60. The molecule has 264 valence electrons. The summed E-state index contributed by atoms with van der Waals surface area (Å²) in [6.07, 6.45) is 13.7. The Kier molecular flexibility index (Phi) is 16.6. The number of aliphatic hydroxyl groups is 1. The van der Waals surface area contributed by atoms with Gasteiger partial charge in [0, 0.05) is 17.5 Å². The minimum Gasteiger partial charge on any atom is -0.479 e. The van der Waals surface area contributed by atoms with Crippen LogP contribution in [0.3, 0.4) is 0 Å². The fourth-order valence-corrected chi connectivity index (χ4v) is 7.99. The minimum atomic E-state index is -2.67. The van der Waals surface area contributed by atoms with Crippen molar-refractivity contribution in [2.45, 2.75) is 109 Å². The number of amides is 1. The lowest BCUT2D eigenvalue weighted by Crippen LogP contribution is -2.57. The average Bonchev–Trinajstić information content (AvgIpc) is 3.41. The molecule has 0 bridgehead atoms. The number of carboxylic acid groups (broad SMARTS) is 1. The number of carboxylic acids is 1. The van der Waals surface area contributed by atoms with Crippen LogP contribution in [0.4, 0.5) is 4.39 Å². The first kappa shape index (κ1) is 39.7. The minimum absolute atomic E-state index is 0.114. The van der Waals surface area contributed by atoms with Crippen molar-refractivity contribution in [2.75, 3.05) is 18.2 Å². The number of thioether (sulfide) groups is 1. The Morgan fingerprint density at radius 3 is 2.00 bits per heavy atom. The number of carbonyl (C=O) groups is 2. The molecule has 1 aliphatic heterocycles. The lowest BCUT2D eigenvalue weighted by atomic mass is 9.75. The summed E-state index contributed by atoms with van der Waals surface area (Å²) in [5.41, 5.74) is -2.30. The zero-order valence-electron chi connectivity index (χ0n) is 28.8. The van der Waals surface area contributed by atoms with Gasteiger partial charge in [-0.1, -0.05) is 132 Å². The third-order valence-electron chi connectivity index (χ3n) is 9.17. The van der Waals surface area contributed by atoms with Gasteiger partial charge < -0.3 is 14.9 Å². The monoisotopic (exact) mass is 699 g/mol. The van der Waals surface area contributed by atoms with Gasteiger partial charge in [-0.15, -0.1) is 0 Å². The number of hydrogen-bond acceptors (Lipinski definition) is 6. The normalized spacial score (nSPS) is 17.8. The van der Waals surface area contributed by atoms with Gasteiger partial charge in [0.1, 0.15) is 0 Å². The van der Waals surface area contributed by atoms with Crippen molar-refractivity contribution in [3.63, 3.8) is 0 Å².